The van der Waals surface area contributed by atoms with E-state index in [1.807, 2.05) is 78.9 Å². The summed E-state index contributed by atoms with van der Waals surface area (Å²) < 4.78 is 11.2. The quantitative estimate of drug-likeness (QED) is 0.223. The van der Waals surface area contributed by atoms with Gasteiger partial charge in [-0.05, 0) is 48.4 Å². The molecule has 0 radical (unpaired) electrons. The van der Waals surface area contributed by atoms with Gasteiger partial charge in [0, 0.05) is 33.6 Å². The molecule has 0 saturated carbocycles. The van der Waals surface area contributed by atoms with Crippen molar-refractivity contribution in [2.45, 2.75) is 6.42 Å². The third-order valence-corrected chi connectivity index (χ3v) is 7.59. The molecule has 0 aliphatic heterocycles. The number of fused-ring (bicyclic) bond motifs is 1. The Morgan fingerprint density at radius 1 is 0.974 bits per heavy atom. The zero-order valence-corrected chi connectivity index (χ0v) is 22.5. The maximum absolute atomic E-state index is 13.2. The van der Waals surface area contributed by atoms with Crippen LogP contribution in [-0.4, -0.2) is 31.7 Å². The molecule has 0 fully saturated rings. The summed E-state index contributed by atoms with van der Waals surface area (Å²) in [6.45, 7) is 0.451. The third kappa shape index (κ3) is 5.16. The number of anilines is 1. The van der Waals surface area contributed by atoms with Crippen molar-refractivity contribution < 1.29 is 14.3 Å². The Morgan fingerprint density at radius 2 is 1.79 bits per heavy atom. The Kier molecular flexibility index (Phi) is 7.49. The average molecular weight is 544 g/mol. The van der Waals surface area contributed by atoms with Crippen molar-refractivity contribution in [1.29, 1.82) is 0 Å². The number of nitrogens with zero attached hydrogens (tertiary/aromatic N) is 1. The van der Waals surface area contributed by atoms with Gasteiger partial charge in [-0.2, -0.15) is 0 Å². The van der Waals surface area contributed by atoms with E-state index in [1.165, 1.54) is 11.3 Å². The first-order valence-electron chi connectivity index (χ1n) is 12.0. The Balaban J connectivity index is 1.58. The fourth-order valence-electron chi connectivity index (χ4n) is 4.38. The number of aromatic nitrogens is 1. The number of benzene rings is 3. The predicted molar refractivity (Wildman–Crippen MR) is 155 cm³/mol. The normalized spacial score (nSPS) is 10.9. The summed E-state index contributed by atoms with van der Waals surface area (Å²) in [7, 11) is 3.24. The number of hydrogen-bond acceptors (Lipinski definition) is 6. The molecule has 6 nitrogen and oxygen atoms in total. The maximum Gasteiger partial charge on any atom is 0.263 e. The molecule has 3 aromatic carbocycles. The Hall–Kier alpha value is -4.07. The minimum absolute atomic E-state index is 0.239. The lowest BCUT2D eigenvalue weighted by molar-refractivity contribution is 0.0959. The highest BCUT2D eigenvalue weighted by molar-refractivity contribution is 7.21. The van der Waals surface area contributed by atoms with Crippen LogP contribution in [-0.2, 0) is 6.42 Å². The molecule has 2 heterocycles. The van der Waals surface area contributed by atoms with Gasteiger partial charge in [0.05, 0.1) is 25.6 Å². The number of pyridine rings is 1. The van der Waals surface area contributed by atoms with Crippen LogP contribution in [0, 0.1) is 0 Å². The van der Waals surface area contributed by atoms with E-state index >= 15 is 0 Å². The Labute approximate surface area is 230 Å². The van der Waals surface area contributed by atoms with Crippen LogP contribution in [0.15, 0.2) is 78.9 Å². The van der Waals surface area contributed by atoms with Gasteiger partial charge in [-0.3, -0.25) is 4.79 Å². The monoisotopic (exact) mass is 543 g/mol. The maximum atomic E-state index is 13.2. The molecule has 2 aromatic heterocycles. The number of nitrogens with two attached hydrogens (primary N) is 1. The van der Waals surface area contributed by atoms with Crippen LogP contribution in [0.4, 0.5) is 5.69 Å². The lowest BCUT2D eigenvalue weighted by atomic mass is 9.98. The fourth-order valence-corrected chi connectivity index (χ4v) is 5.63. The van der Waals surface area contributed by atoms with Crippen molar-refractivity contribution in [3.63, 3.8) is 0 Å². The average Bonchev–Trinajstić information content (AvgIpc) is 3.29. The first kappa shape index (κ1) is 25.6. The first-order valence-corrected chi connectivity index (χ1v) is 13.2. The number of rotatable bonds is 8. The smallest absolute Gasteiger partial charge is 0.263 e. The zero-order chi connectivity index (χ0) is 26.6. The molecule has 3 N–H and O–H groups in total. The molecule has 5 rings (SSSR count). The van der Waals surface area contributed by atoms with Crippen molar-refractivity contribution >= 4 is 44.7 Å². The highest BCUT2D eigenvalue weighted by Crippen LogP contribution is 2.44. The van der Waals surface area contributed by atoms with Crippen molar-refractivity contribution in [2.75, 3.05) is 26.5 Å². The number of ether oxygens (including phenoxy) is 2. The molecule has 8 heteroatoms. The number of thiophene rings is 1. The van der Waals surface area contributed by atoms with E-state index < -0.39 is 0 Å². The molecule has 38 heavy (non-hydrogen) atoms. The topological polar surface area (TPSA) is 86.5 Å². The lowest BCUT2D eigenvalue weighted by Gasteiger charge is -2.14. The van der Waals surface area contributed by atoms with Gasteiger partial charge in [-0.1, -0.05) is 54.1 Å². The molecule has 0 unspecified atom stereocenters. The number of halogens is 1. The van der Waals surface area contributed by atoms with Gasteiger partial charge in [0.15, 0.2) is 0 Å². The summed E-state index contributed by atoms with van der Waals surface area (Å²) >= 11 is 7.37. The SMILES string of the molecule is COc1ccc(OC)c(-c2cc(-c3ccccc3)nc3sc(C(=O)NCCc4cccc(Cl)c4)c(N)c23)c1. The summed E-state index contributed by atoms with van der Waals surface area (Å²) in [5.74, 6) is 1.10. The van der Waals surface area contributed by atoms with Crippen molar-refractivity contribution in [2.24, 2.45) is 0 Å². The standard InChI is InChI=1S/C30H26ClN3O3S/c1-36-21-11-12-25(37-2)22(16-21)23-17-24(19-8-4-3-5-9-19)34-30-26(23)27(32)28(38-30)29(35)33-14-13-18-7-6-10-20(31)15-18/h3-12,15-17H,13-14,32H2,1-2H3,(H,33,35). The van der Waals surface area contributed by atoms with E-state index in [9.17, 15) is 4.79 Å². The number of carbonyl (C=O) groups is 1. The second-order valence-corrected chi connectivity index (χ2v) is 10.1. The van der Waals surface area contributed by atoms with E-state index in [0.29, 0.717) is 50.3 Å². The largest absolute Gasteiger partial charge is 0.497 e. The predicted octanol–water partition coefficient (Wildman–Crippen LogP) is 6.86. The van der Waals surface area contributed by atoms with E-state index in [4.69, 9.17) is 31.8 Å². The molecule has 0 aliphatic rings. The summed E-state index contributed by atoms with van der Waals surface area (Å²) in [4.78, 5) is 19.2. The van der Waals surface area contributed by atoms with Gasteiger partial charge >= 0.3 is 0 Å². The number of methoxy groups -OCH3 is 2. The fraction of sp³-hybridized carbons (Fsp3) is 0.133. The van der Waals surface area contributed by atoms with Crippen LogP contribution in [0.3, 0.4) is 0 Å². The lowest BCUT2D eigenvalue weighted by Crippen LogP contribution is -2.25. The van der Waals surface area contributed by atoms with Crippen LogP contribution in [0.1, 0.15) is 15.2 Å². The second kappa shape index (κ2) is 11.1. The van der Waals surface area contributed by atoms with E-state index in [0.717, 1.165) is 27.9 Å². The molecule has 0 aliphatic carbocycles. The van der Waals surface area contributed by atoms with Crippen molar-refractivity contribution in [1.82, 2.24) is 10.3 Å². The number of amides is 1. The zero-order valence-electron chi connectivity index (χ0n) is 21.0. The molecular formula is C30H26ClN3O3S. The van der Waals surface area contributed by atoms with Crippen LogP contribution < -0.4 is 20.5 Å². The minimum atomic E-state index is -0.239. The molecule has 5 aromatic rings. The summed E-state index contributed by atoms with van der Waals surface area (Å²) in [5.41, 5.74) is 11.4. The van der Waals surface area contributed by atoms with E-state index in [2.05, 4.69) is 5.32 Å². The summed E-state index contributed by atoms with van der Waals surface area (Å²) in [5, 5.41) is 4.37. The van der Waals surface area contributed by atoms with Crippen LogP contribution in [0.25, 0.3) is 32.6 Å². The van der Waals surface area contributed by atoms with E-state index in [-0.39, 0.29) is 5.91 Å². The van der Waals surface area contributed by atoms with Gasteiger partial charge in [0.1, 0.15) is 21.2 Å². The molecule has 0 bridgehead atoms. The number of hydrogen-bond donors (Lipinski definition) is 2. The summed E-state index contributed by atoms with van der Waals surface area (Å²) in [6.07, 6.45) is 0.653. The number of nitrogens with one attached hydrogen (secondary N) is 1. The molecule has 1 amide bonds. The van der Waals surface area contributed by atoms with Gasteiger partial charge in [-0.25, -0.2) is 4.98 Å². The molecule has 0 atom stereocenters. The van der Waals surface area contributed by atoms with Crippen LogP contribution in [0.5, 0.6) is 11.5 Å². The van der Waals surface area contributed by atoms with Crippen LogP contribution in [0.2, 0.25) is 5.02 Å². The van der Waals surface area contributed by atoms with Crippen molar-refractivity contribution in [3.05, 3.63) is 94.3 Å². The molecular weight excluding hydrogens is 518 g/mol. The van der Waals surface area contributed by atoms with E-state index in [1.54, 1.807) is 14.2 Å². The van der Waals surface area contributed by atoms with Gasteiger partial charge in [-0.15, -0.1) is 11.3 Å². The van der Waals surface area contributed by atoms with Gasteiger partial charge in [0.2, 0.25) is 0 Å². The van der Waals surface area contributed by atoms with Gasteiger partial charge < -0.3 is 20.5 Å². The highest BCUT2D eigenvalue weighted by atomic mass is 35.5. The highest BCUT2D eigenvalue weighted by Gasteiger charge is 2.23. The van der Waals surface area contributed by atoms with Crippen LogP contribution >= 0.6 is 22.9 Å². The third-order valence-electron chi connectivity index (χ3n) is 6.26. The number of nitrogen functional groups attached to an aromatic ring is 1. The van der Waals surface area contributed by atoms with Crippen molar-refractivity contribution in [3.8, 4) is 33.9 Å². The molecule has 192 valence electrons. The number of carbonyl (C=O) groups excluding carboxylic acids is 1. The summed E-state index contributed by atoms with van der Waals surface area (Å²) in [6, 6.07) is 25.1. The molecule has 0 saturated heterocycles. The second-order valence-electron chi connectivity index (χ2n) is 8.65. The Bertz CT molecular complexity index is 1620. The van der Waals surface area contributed by atoms with Gasteiger partial charge in [0.25, 0.3) is 5.91 Å². The molecule has 0 spiro atoms. The minimum Gasteiger partial charge on any atom is -0.497 e. The first-order chi connectivity index (χ1) is 18.5. The Morgan fingerprint density at radius 3 is 2.53 bits per heavy atom.